The fourth-order valence-electron chi connectivity index (χ4n) is 1.23. The van der Waals surface area contributed by atoms with E-state index in [-0.39, 0.29) is 22.3 Å². The minimum absolute atomic E-state index is 0.0394. The second-order valence-corrected chi connectivity index (χ2v) is 4.16. The van der Waals surface area contributed by atoms with Gasteiger partial charge in [0, 0.05) is 12.3 Å². The summed E-state index contributed by atoms with van der Waals surface area (Å²) in [7, 11) is 0. The highest BCUT2D eigenvalue weighted by Gasteiger charge is 2.15. The fourth-order valence-corrected chi connectivity index (χ4v) is 2.13. The lowest BCUT2D eigenvalue weighted by Gasteiger charge is -2.02. The van der Waals surface area contributed by atoms with Crippen LogP contribution in [0.4, 0.5) is 0 Å². The van der Waals surface area contributed by atoms with Gasteiger partial charge in [-0.2, -0.15) is 0 Å². The number of carboxylic acid groups (broad SMARTS) is 1. The van der Waals surface area contributed by atoms with Crippen LogP contribution in [0.2, 0.25) is 0 Å². The first-order chi connectivity index (χ1) is 8.08. The van der Waals surface area contributed by atoms with Crippen molar-refractivity contribution in [3.05, 3.63) is 30.0 Å². The molecule has 0 saturated carbocycles. The summed E-state index contributed by atoms with van der Waals surface area (Å²) in [5.74, 6) is -1.52. The lowest BCUT2D eigenvalue weighted by Crippen LogP contribution is -1.99. The van der Waals surface area contributed by atoms with Crippen LogP contribution >= 0.6 is 11.8 Å². The van der Waals surface area contributed by atoms with E-state index in [1.807, 2.05) is 0 Å². The molecule has 0 fully saturated rings. The molecule has 7 heteroatoms. The van der Waals surface area contributed by atoms with E-state index in [1.54, 1.807) is 0 Å². The van der Waals surface area contributed by atoms with Crippen LogP contribution in [0, 0.1) is 0 Å². The molecule has 2 aromatic rings. The van der Waals surface area contributed by atoms with Crippen LogP contribution < -0.4 is 0 Å². The van der Waals surface area contributed by atoms with Crippen molar-refractivity contribution in [1.82, 2.24) is 9.97 Å². The largest absolute Gasteiger partial charge is 0.494 e. The molecule has 2 heterocycles. The van der Waals surface area contributed by atoms with E-state index in [2.05, 4.69) is 9.97 Å². The summed E-state index contributed by atoms with van der Waals surface area (Å²) >= 11 is 0.957. The second-order valence-electron chi connectivity index (χ2n) is 3.13. The molecule has 0 spiro atoms. The van der Waals surface area contributed by atoms with E-state index in [4.69, 9.17) is 10.2 Å². The van der Waals surface area contributed by atoms with Gasteiger partial charge < -0.3 is 15.3 Å². The predicted octanol–water partition coefficient (Wildman–Crippen LogP) is 1.67. The second kappa shape index (κ2) is 4.38. The van der Waals surface area contributed by atoms with Crippen molar-refractivity contribution >= 4 is 17.7 Å². The van der Waals surface area contributed by atoms with Gasteiger partial charge in [0.05, 0.1) is 10.5 Å². The lowest BCUT2D eigenvalue weighted by molar-refractivity contribution is 0.0692. The first-order valence-electron chi connectivity index (χ1n) is 4.55. The van der Waals surface area contributed by atoms with Crippen LogP contribution in [0.3, 0.4) is 0 Å². The number of nitrogens with zero attached hydrogens (tertiary/aromatic N) is 1. The van der Waals surface area contributed by atoms with Crippen molar-refractivity contribution in [2.45, 2.75) is 9.92 Å². The number of nitrogens with one attached hydrogen (secondary N) is 1. The predicted molar refractivity (Wildman–Crippen MR) is 59.4 cm³/mol. The molecule has 17 heavy (non-hydrogen) atoms. The van der Waals surface area contributed by atoms with E-state index >= 15 is 0 Å². The third-order valence-corrected chi connectivity index (χ3v) is 3.01. The van der Waals surface area contributed by atoms with Crippen LogP contribution in [0.1, 0.15) is 10.4 Å². The Morgan fingerprint density at radius 1 is 1.41 bits per heavy atom. The maximum Gasteiger partial charge on any atom is 0.338 e. The summed E-state index contributed by atoms with van der Waals surface area (Å²) in [5, 5.41) is 27.7. The van der Waals surface area contributed by atoms with Gasteiger partial charge in [-0.3, -0.25) is 4.98 Å². The number of aromatic nitrogens is 2. The molecular formula is C10H8N2O4S. The Hall–Kier alpha value is -2.15. The number of rotatable bonds is 3. The molecule has 2 aromatic heterocycles. The highest BCUT2D eigenvalue weighted by atomic mass is 32.2. The molecule has 0 aliphatic rings. The zero-order chi connectivity index (χ0) is 12.4. The number of carboxylic acids is 1. The number of aromatic amines is 1. The van der Waals surface area contributed by atoms with Gasteiger partial charge in [-0.1, -0.05) is 11.8 Å². The van der Waals surface area contributed by atoms with Crippen LogP contribution in [-0.2, 0) is 0 Å². The molecule has 0 aromatic carbocycles. The zero-order valence-corrected chi connectivity index (χ0v) is 9.23. The standard InChI is InChI=1S/C10H8N2O4S/c13-7-4-6(8(14)12-7)17-9-5(10(15)16)2-1-3-11-9/h1-4,12-14H,(H,15,16). The number of hydrogen-bond donors (Lipinski definition) is 4. The van der Waals surface area contributed by atoms with Crippen LogP contribution in [0.15, 0.2) is 34.3 Å². The summed E-state index contributed by atoms with van der Waals surface area (Å²) in [5.41, 5.74) is 0.0394. The van der Waals surface area contributed by atoms with Crippen LogP contribution in [0.25, 0.3) is 0 Å². The number of hydrogen-bond acceptors (Lipinski definition) is 5. The van der Waals surface area contributed by atoms with Crippen molar-refractivity contribution in [2.24, 2.45) is 0 Å². The molecule has 0 saturated heterocycles. The summed E-state index contributed by atoms with van der Waals surface area (Å²) < 4.78 is 0. The molecule has 2 rings (SSSR count). The molecule has 0 aliphatic heterocycles. The highest BCUT2D eigenvalue weighted by Crippen LogP contribution is 2.36. The van der Waals surface area contributed by atoms with Crippen molar-refractivity contribution < 1.29 is 20.1 Å². The normalized spacial score (nSPS) is 10.4. The average Bonchev–Trinajstić information content (AvgIpc) is 2.58. The summed E-state index contributed by atoms with van der Waals surface area (Å²) in [6.45, 7) is 0. The number of H-pyrrole nitrogens is 1. The van der Waals surface area contributed by atoms with E-state index < -0.39 is 5.97 Å². The first-order valence-corrected chi connectivity index (χ1v) is 5.36. The number of aromatic carboxylic acids is 1. The molecule has 0 radical (unpaired) electrons. The van der Waals surface area contributed by atoms with Gasteiger partial charge in [0.1, 0.15) is 5.03 Å². The Balaban J connectivity index is 2.36. The third kappa shape index (κ3) is 2.34. The van der Waals surface area contributed by atoms with Gasteiger partial charge >= 0.3 is 5.97 Å². The molecule has 0 unspecified atom stereocenters. The first kappa shape index (κ1) is 11.3. The Bertz CT molecular complexity index is 567. The lowest BCUT2D eigenvalue weighted by atomic mass is 10.3. The SMILES string of the molecule is O=C(O)c1cccnc1Sc1cc(O)[nH]c1O. The van der Waals surface area contributed by atoms with Crippen molar-refractivity contribution in [2.75, 3.05) is 0 Å². The molecular weight excluding hydrogens is 244 g/mol. The minimum atomic E-state index is -1.10. The topological polar surface area (TPSA) is 106 Å². The maximum absolute atomic E-state index is 10.9. The smallest absolute Gasteiger partial charge is 0.338 e. The third-order valence-electron chi connectivity index (χ3n) is 1.96. The Morgan fingerprint density at radius 3 is 2.76 bits per heavy atom. The molecule has 0 atom stereocenters. The molecule has 0 bridgehead atoms. The van der Waals surface area contributed by atoms with Gasteiger partial charge in [-0.05, 0) is 12.1 Å². The Morgan fingerprint density at radius 2 is 2.18 bits per heavy atom. The number of carbonyl (C=O) groups is 1. The molecule has 88 valence electrons. The van der Waals surface area contributed by atoms with E-state index in [1.165, 1.54) is 24.4 Å². The number of aromatic hydroxyl groups is 2. The van der Waals surface area contributed by atoms with E-state index in [0.717, 1.165) is 11.8 Å². The van der Waals surface area contributed by atoms with Crippen LogP contribution in [-0.4, -0.2) is 31.3 Å². The molecule has 4 N–H and O–H groups in total. The average molecular weight is 252 g/mol. The highest BCUT2D eigenvalue weighted by molar-refractivity contribution is 7.99. The molecule has 6 nitrogen and oxygen atoms in total. The Labute approximate surface area is 99.9 Å². The molecule has 0 aliphatic carbocycles. The number of pyridine rings is 1. The summed E-state index contributed by atoms with van der Waals surface area (Å²) in [6, 6.07) is 4.23. The van der Waals surface area contributed by atoms with Gasteiger partial charge in [-0.15, -0.1) is 0 Å². The fraction of sp³-hybridized carbons (Fsp3) is 0. The van der Waals surface area contributed by atoms with Gasteiger partial charge in [0.25, 0.3) is 0 Å². The van der Waals surface area contributed by atoms with Crippen LogP contribution in [0.5, 0.6) is 11.8 Å². The minimum Gasteiger partial charge on any atom is -0.494 e. The van der Waals surface area contributed by atoms with Gasteiger partial charge in [0.15, 0.2) is 5.88 Å². The van der Waals surface area contributed by atoms with Crippen molar-refractivity contribution in [3.63, 3.8) is 0 Å². The van der Waals surface area contributed by atoms with Crippen molar-refractivity contribution in [1.29, 1.82) is 0 Å². The molecule has 0 amide bonds. The zero-order valence-electron chi connectivity index (χ0n) is 8.41. The Kier molecular flexibility index (Phi) is 2.92. The maximum atomic E-state index is 10.9. The summed E-state index contributed by atoms with van der Waals surface area (Å²) in [4.78, 5) is 17.5. The van der Waals surface area contributed by atoms with Crippen molar-refractivity contribution in [3.8, 4) is 11.8 Å². The van der Waals surface area contributed by atoms with Gasteiger partial charge in [0.2, 0.25) is 5.88 Å². The van der Waals surface area contributed by atoms with E-state index in [9.17, 15) is 9.90 Å². The monoisotopic (exact) mass is 252 g/mol. The summed E-state index contributed by atoms with van der Waals surface area (Å²) in [6.07, 6.45) is 1.46. The quantitative estimate of drug-likeness (QED) is 0.662. The van der Waals surface area contributed by atoms with Gasteiger partial charge in [-0.25, -0.2) is 9.78 Å². The van der Waals surface area contributed by atoms with E-state index in [0.29, 0.717) is 4.90 Å².